The van der Waals surface area contributed by atoms with Crippen LogP contribution in [-0.4, -0.2) is 8.42 Å². The molecule has 4 heteroatoms. The van der Waals surface area contributed by atoms with Gasteiger partial charge in [-0.2, -0.15) is 0 Å². The molecule has 0 bridgehead atoms. The zero-order chi connectivity index (χ0) is 11.9. The van der Waals surface area contributed by atoms with E-state index in [4.69, 9.17) is 5.14 Å². The van der Waals surface area contributed by atoms with Crippen molar-refractivity contribution < 1.29 is 8.42 Å². The van der Waals surface area contributed by atoms with E-state index in [-0.39, 0.29) is 10.3 Å². The van der Waals surface area contributed by atoms with Crippen molar-refractivity contribution in [1.29, 1.82) is 0 Å². The van der Waals surface area contributed by atoms with E-state index in [1.54, 1.807) is 19.1 Å². The molecule has 0 amide bonds. The lowest BCUT2D eigenvalue weighted by atomic mass is 9.87. The minimum absolute atomic E-state index is 0.0763. The topological polar surface area (TPSA) is 60.2 Å². The minimum atomic E-state index is -3.62. The Morgan fingerprint density at radius 1 is 1.20 bits per heavy atom. The van der Waals surface area contributed by atoms with Crippen LogP contribution in [0, 0.1) is 6.92 Å². The van der Waals surface area contributed by atoms with Crippen LogP contribution in [0.4, 0.5) is 0 Å². The Kier molecular flexibility index (Phi) is 2.94. The van der Waals surface area contributed by atoms with Gasteiger partial charge in [0.25, 0.3) is 0 Å². The highest BCUT2D eigenvalue weighted by molar-refractivity contribution is 7.89. The molecule has 0 saturated carbocycles. The Labute approximate surface area is 91.4 Å². The first-order valence-electron chi connectivity index (χ1n) is 4.76. The molecular formula is C11H17NO2S. The van der Waals surface area contributed by atoms with Gasteiger partial charge < -0.3 is 0 Å². The number of primary sulfonamides is 1. The Morgan fingerprint density at radius 3 is 2.13 bits per heavy atom. The maximum absolute atomic E-state index is 11.3. The first-order chi connectivity index (χ1) is 6.62. The van der Waals surface area contributed by atoms with Crippen LogP contribution in [0.25, 0.3) is 0 Å². The molecule has 0 atom stereocenters. The molecule has 84 valence electrons. The van der Waals surface area contributed by atoms with Gasteiger partial charge in [-0.05, 0) is 29.5 Å². The number of hydrogen-bond donors (Lipinski definition) is 1. The summed E-state index contributed by atoms with van der Waals surface area (Å²) in [6, 6.07) is 5.38. The molecule has 2 N–H and O–H groups in total. The number of benzene rings is 1. The highest BCUT2D eigenvalue weighted by Gasteiger charge is 2.18. The van der Waals surface area contributed by atoms with E-state index in [1.807, 2.05) is 26.8 Å². The Bertz CT molecular complexity index is 470. The van der Waals surface area contributed by atoms with Crippen molar-refractivity contribution in [3.05, 3.63) is 29.3 Å². The molecule has 1 aromatic carbocycles. The summed E-state index contributed by atoms with van der Waals surface area (Å²) >= 11 is 0. The zero-order valence-electron chi connectivity index (χ0n) is 9.53. The van der Waals surface area contributed by atoms with E-state index in [1.165, 1.54) is 0 Å². The van der Waals surface area contributed by atoms with Crippen LogP contribution in [0.3, 0.4) is 0 Å². The van der Waals surface area contributed by atoms with Crippen molar-refractivity contribution >= 4 is 10.0 Å². The van der Waals surface area contributed by atoms with Gasteiger partial charge in [-0.15, -0.1) is 0 Å². The van der Waals surface area contributed by atoms with E-state index in [9.17, 15) is 8.42 Å². The van der Waals surface area contributed by atoms with Crippen LogP contribution >= 0.6 is 0 Å². The SMILES string of the molecule is Cc1ccc(C(C)(C)C)cc1S(N)(=O)=O. The third kappa shape index (κ3) is 2.79. The van der Waals surface area contributed by atoms with Gasteiger partial charge in [-0.25, -0.2) is 13.6 Å². The summed E-state index contributed by atoms with van der Waals surface area (Å²) in [5.41, 5.74) is 1.58. The van der Waals surface area contributed by atoms with Crippen LogP contribution in [0.2, 0.25) is 0 Å². The highest BCUT2D eigenvalue weighted by Crippen LogP contribution is 2.25. The average Bonchev–Trinajstić information content (AvgIpc) is 2.00. The van der Waals surface area contributed by atoms with Crippen molar-refractivity contribution in [2.24, 2.45) is 5.14 Å². The summed E-state index contributed by atoms with van der Waals surface area (Å²) < 4.78 is 22.6. The number of sulfonamides is 1. The molecule has 0 aliphatic carbocycles. The van der Waals surface area contributed by atoms with Gasteiger partial charge in [0.1, 0.15) is 0 Å². The van der Waals surface area contributed by atoms with Gasteiger partial charge >= 0.3 is 0 Å². The van der Waals surface area contributed by atoms with Gasteiger partial charge in [-0.1, -0.05) is 32.9 Å². The minimum Gasteiger partial charge on any atom is -0.225 e. The molecule has 0 radical (unpaired) electrons. The molecule has 0 saturated heterocycles. The lowest BCUT2D eigenvalue weighted by Gasteiger charge is -2.20. The number of hydrogen-bond acceptors (Lipinski definition) is 2. The predicted molar refractivity (Wildman–Crippen MR) is 61.3 cm³/mol. The smallest absolute Gasteiger partial charge is 0.225 e. The molecule has 0 aliphatic rings. The molecule has 1 aromatic rings. The third-order valence-corrected chi connectivity index (χ3v) is 3.41. The molecule has 15 heavy (non-hydrogen) atoms. The van der Waals surface area contributed by atoms with Crippen LogP contribution in [0.1, 0.15) is 31.9 Å². The second-order valence-electron chi connectivity index (χ2n) is 4.78. The number of rotatable bonds is 1. The molecule has 0 aromatic heterocycles. The molecular weight excluding hydrogens is 210 g/mol. The van der Waals surface area contributed by atoms with E-state index in [0.717, 1.165) is 5.56 Å². The third-order valence-electron chi connectivity index (χ3n) is 2.36. The normalized spacial score (nSPS) is 12.9. The van der Waals surface area contributed by atoms with Gasteiger partial charge in [-0.3, -0.25) is 0 Å². The first-order valence-corrected chi connectivity index (χ1v) is 6.31. The highest BCUT2D eigenvalue weighted by atomic mass is 32.2. The van der Waals surface area contributed by atoms with Crippen molar-refractivity contribution in [2.75, 3.05) is 0 Å². The van der Waals surface area contributed by atoms with Crippen molar-refractivity contribution in [3.63, 3.8) is 0 Å². The molecule has 0 fully saturated rings. The van der Waals surface area contributed by atoms with Crippen LogP contribution < -0.4 is 5.14 Å². The Hall–Kier alpha value is -0.870. The van der Waals surface area contributed by atoms with E-state index in [2.05, 4.69) is 0 Å². The van der Waals surface area contributed by atoms with Gasteiger partial charge in [0.2, 0.25) is 10.0 Å². The maximum Gasteiger partial charge on any atom is 0.238 e. The quantitative estimate of drug-likeness (QED) is 0.797. The van der Waals surface area contributed by atoms with E-state index < -0.39 is 10.0 Å². The summed E-state index contributed by atoms with van der Waals surface area (Å²) in [7, 11) is -3.62. The lowest BCUT2D eigenvalue weighted by Crippen LogP contribution is -2.17. The fraction of sp³-hybridized carbons (Fsp3) is 0.455. The fourth-order valence-electron chi connectivity index (χ4n) is 1.37. The fourth-order valence-corrected chi connectivity index (χ4v) is 2.18. The lowest BCUT2D eigenvalue weighted by molar-refractivity contribution is 0.583. The van der Waals surface area contributed by atoms with Crippen molar-refractivity contribution in [1.82, 2.24) is 0 Å². The van der Waals surface area contributed by atoms with Gasteiger partial charge in [0.15, 0.2) is 0 Å². The Balaban J connectivity index is 3.43. The molecule has 0 spiro atoms. The monoisotopic (exact) mass is 227 g/mol. The molecule has 0 heterocycles. The van der Waals surface area contributed by atoms with Crippen LogP contribution in [-0.2, 0) is 15.4 Å². The van der Waals surface area contributed by atoms with Crippen LogP contribution in [0.5, 0.6) is 0 Å². The standard InChI is InChI=1S/C11H17NO2S/c1-8-5-6-9(11(2,3)4)7-10(8)15(12,13)14/h5-7H,1-4H3,(H2,12,13,14). The Morgan fingerprint density at radius 2 is 1.73 bits per heavy atom. The molecule has 0 aliphatic heterocycles. The van der Waals surface area contributed by atoms with Gasteiger partial charge in [0.05, 0.1) is 4.90 Å². The summed E-state index contributed by atoms with van der Waals surface area (Å²) in [4.78, 5) is 0.218. The molecule has 0 unspecified atom stereocenters. The van der Waals surface area contributed by atoms with Crippen molar-refractivity contribution in [2.45, 2.75) is 38.0 Å². The number of aryl methyl sites for hydroxylation is 1. The largest absolute Gasteiger partial charge is 0.238 e. The zero-order valence-corrected chi connectivity index (χ0v) is 10.4. The predicted octanol–water partition coefficient (Wildman–Crippen LogP) is 1.94. The maximum atomic E-state index is 11.3. The van der Waals surface area contributed by atoms with Gasteiger partial charge in [0, 0.05) is 0 Å². The first kappa shape index (κ1) is 12.2. The summed E-state index contributed by atoms with van der Waals surface area (Å²) in [5, 5.41) is 5.14. The summed E-state index contributed by atoms with van der Waals surface area (Å²) in [6.07, 6.45) is 0. The molecule has 1 rings (SSSR count). The van der Waals surface area contributed by atoms with E-state index >= 15 is 0 Å². The number of nitrogens with two attached hydrogens (primary N) is 1. The second-order valence-corrected chi connectivity index (χ2v) is 6.31. The summed E-state index contributed by atoms with van der Waals surface area (Å²) in [6.45, 7) is 7.84. The van der Waals surface area contributed by atoms with Crippen LogP contribution in [0.15, 0.2) is 23.1 Å². The summed E-state index contributed by atoms with van der Waals surface area (Å²) in [5.74, 6) is 0. The molecule has 3 nitrogen and oxygen atoms in total. The second kappa shape index (κ2) is 3.61. The van der Waals surface area contributed by atoms with Crippen molar-refractivity contribution in [3.8, 4) is 0 Å². The average molecular weight is 227 g/mol. The van der Waals surface area contributed by atoms with E-state index in [0.29, 0.717) is 5.56 Å².